The summed E-state index contributed by atoms with van der Waals surface area (Å²) in [4.78, 5) is 25.5. The molecule has 130 valence electrons. The fraction of sp³-hybridized carbons (Fsp3) is 0.722. The first kappa shape index (κ1) is 15.8. The molecule has 6 nitrogen and oxygen atoms in total. The van der Waals surface area contributed by atoms with Gasteiger partial charge in [0.25, 0.3) is 0 Å². The Balaban J connectivity index is 1.56. The van der Waals surface area contributed by atoms with E-state index in [0.717, 1.165) is 57.6 Å². The molecule has 1 unspecified atom stereocenters. The Morgan fingerprint density at radius 2 is 2.04 bits per heavy atom. The molecular formula is C18H26N4O2. The lowest BCUT2D eigenvalue weighted by atomic mass is 9.73. The highest BCUT2D eigenvalue weighted by molar-refractivity contribution is 5.77. The minimum absolute atomic E-state index is 0.0466. The molecule has 1 aliphatic carbocycles. The van der Waals surface area contributed by atoms with Gasteiger partial charge in [0.1, 0.15) is 12.1 Å². The minimum atomic E-state index is 0.0466. The van der Waals surface area contributed by atoms with Gasteiger partial charge in [-0.05, 0) is 38.5 Å². The number of anilines is 1. The summed E-state index contributed by atoms with van der Waals surface area (Å²) < 4.78 is 0. The van der Waals surface area contributed by atoms with Crippen molar-refractivity contribution in [1.29, 1.82) is 0 Å². The second kappa shape index (κ2) is 6.31. The topological polar surface area (TPSA) is 69.6 Å². The number of carbonyl (C=O) groups excluding carboxylic acids is 1. The molecule has 1 spiro atoms. The predicted octanol–water partition coefficient (Wildman–Crippen LogP) is 1.17. The number of nitrogens with zero attached hydrogens (tertiary/aromatic N) is 4. The standard InChI is InChI=1S/C18H26N4O2/c23-10-9-21-11-18(7-5-16(21)24)6-2-8-22(12-18)17-14-3-1-4-15(14)19-13-20-17/h13,23H,1-12H2. The Bertz CT molecular complexity index is 635. The maximum Gasteiger partial charge on any atom is 0.222 e. The van der Waals surface area contributed by atoms with E-state index in [4.69, 9.17) is 0 Å². The van der Waals surface area contributed by atoms with Crippen LogP contribution in [0.1, 0.15) is 43.4 Å². The maximum absolute atomic E-state index is 12.1. The number of piperidine rings is 2. The first-order valence-electron chi connectivity index (χ1n) is 9.17. The quantitative estimate of drug-likeness (QED) is 0.901. The van der Waals surface area contributed by atoms with E-state index in [1.54, 1.807) is 6.33 Å². The number of likely N-dealkylation sites (tertiary alicyclic amines) is 1. The number of carbonyl (C=O) groups is 1. The van der Waals surface area contributed by atoms with Crippen LogP contribution in [-0.2, 0) is 17.6 Å². The molecule has 0 aromatic carbocycles. The van der Waals surface area contributed by atoms with Crippen molar-refractivity contribution in [2.75, 3.05) is 37.7 Å². The van der Waals surface area contributed by atoms with E-state index in [0.29, 0.717) is 13.0 Å². The highest BCUT2D eigenvalue weighted by Gasteiger charge is 2.42. The molecule has 1 aromatic rings. The number of fused-ring (bicyclic) bond motifs is 1. The number of hydrogen-bond acceptors (Lipinski definition) is 5. The van der Waals surface area contributed by atoms with Gasteiger partial charge >= 0.3 is 0 Å². The number of aryl methyl sites for hydroxylation is 1. The number of β-amino-alcohol motifs (C(OH)–C–C–N with tert-alkyl or cyclic N) is 1. The van der Waals surface area contributed by atoms with Gasteiger partial charge in [0.2, 0.25) is 5.91 Å². The molecule has 1 amide bonds. The number of aromatic nitrogens is 2. The van der Waals surface area contributed by atoms with Crippen LogP contribution in [0, 0.1) is 5.41 Å². The van der Waals surface area contributed by atoms with Gasteiger partial charge in [-0.25, -0.2) is 9.97 Å². The van der Waals surface area contributed by atoms with Crippen molar-refractivity contribution in [2.24, 2.45) is 5.41 Å². The fourth-order valence-electron chi connectivity index (χ4n) is 4.76. The van der Waals surface area contributed by atoms with E-state index >= 15 is 0 Å². The summed E-state index contributed by atoms with van der Waals surface area (Å²) >= 11 is 0. The largest absolute Gasteiger partial charge is 0.395 e. The van der Waals surface area contributed by atoms with Crippen molar-refractivity contribution in [2.45, 2.75) is 44.9 Å². The van der Waals surface area contributed by atoms with Crippen molar-refractivity contribution in [1.82, 2.24) is 14.9 Å². The molecule has 3 aliphatic rings. The Hall–Kier alpha value is -1.69. The molecule has 2 aliphatic heterocycles. The zero-order chi connectivity index (χ0) is 16.6. The Labute approximate surface area is 142 Å². The van der Waals surface area contributed by atoms with Crippen molar-refractivity contribution in [3.63, 3.8) is 0 Å². The van der Waals surface area contributed by atoms with Gasteiger partial charge in [0.15, 0.2) is 0 Å². The van der Waals surface area contributed by atoms with Crippen LogP contribution in [-0.4, -0.2) is 58.7 Å². The van der Waals surface area contributed by atoms with Gasteiger partial charge in [-0.1, -0.05) is 0 Å². The van der Waals surface area contributed by atoms with Gasteiger partial charge in [-0.15, -0.1) is 0 Å². The average Bonchev–Trinajstić information content (AvgIpc) is 3.07. The van der Waals surface area contributed by atoms with Crippen molar-refractivity contribution in [3.8, 4) is 0 Å². The van der Waals surface area contributed by atoms with Crippen LogP contribution in [0.4, 0.5) is 5.82 Å². The highest BCUT2D eigenvalue weighted by Crippen LogP contribution is 2.41. The van der Waals surface area contributed by atoms with Crippen molar-refractivity contribution in [3.05, 3.63) is 17.6 Å². The molecule has 6 heteroatoms. The third kappa shape index (κ3) is 2.77. The SMILES string of the molecule is O=C1CCC2(CCCN(c3ncnc4c3CCC4)C2)CN1CCO. The Kier molecular flexibility index (Phi) is 4.16. The first-order valence-corrected chi connectivity index (χ1v) is 9.17. The average molecular weight is 330 g/mol. The zero-order valence-electron chi connectivity index (χ0n) is 14.2. The number of hydrogen-bond donors (Lipinski definition) is 1. The smallest absolute Gasteiger partial charge is 0.222 e. The summed E-state index contributed by atoms with van der Waals surface area (Å²) in [6.45, 7) is 3.29. The molecule has 1 N–H and O–H groups in total. The van der Waals surface area contributed by atoms with Crippen LogP contribution in [0.25, 0.3) is 0 Å². The molecule has 0 bridgehead atoms. The number of amides is 1. The third-order valence-electron chi connectivity index (χ3n) is 5.93. The van der Waals surface area contributed by atoms with Gasteiger partial charge in [-0.2, -0.15) is 0 Å². The minimum Gasteiger partial charge on any atom is -0.395 e. The van der Waals surface area contributed by atoms with Crippen molar-refractivity contribution >= 4 is 11.7 Å². The summed E-state index contributed by atoms with van der Waals surface area (Å²) in [5, 5.41) is 9.24. The second-order valence-corrected chi connectivity index (χ2v) is 7.54. The highest BCUT2D eigenvalue weighted by atomic mass is 16.3. The molecule has 0 saturated carbocycles. The lowest BCUT2D eigenvalue weighted by molar-refractivity contribution is -0.138. The lowest BCUT2D eigenvalue weighted by Gasteiger charge is -2.48. The predicted molar refractivity (Wildman–Crippen MR) is 90.8 cm³/mol. The number of aliphatic hydroxyl groups excluding tert-OH is 1. The van der Waals surface area contributed by atoms with Gasteiger partial charge in [0.05, 0.1) is 6.61 Å². The molecular weight excluding hydrogens is 304 g/mol. The van der Waals surface area contributed by atoms with Crippen LogP contribution in [0.15, 0.2) is 6.33 Å². The van der Waals surface area contributed by atoms with Gasteiger partial charge < -0.3 is 14.9 Å². The Morgan fingerprint density at radius 3 is 2.92 bits per heavy atom. The molecule has 3 heterocycles. The van der Waals surface area contributed by atoms with Crippen LogP contribution in [0.2, 0.25) is 0 Å². The second-order valence-electron chi connectivity index (χ2n) is 7.54. The molecule has 1 aromatic heterocycles. The maximum atomic E-state index is 12.1. The molecule has 2 fully saturated rings. The normalized spacial score (nSPS) is 27.0. The van der Waals surface area contributed by atoms with Gasteiger partial charge in [-0.3, -0.25) is 4.79 Å². The van der Waals surface area contributed by atoms with E-state index in [9.17, 15) is 9.90 Å². The summed E-state index contributed by atoms with van der Waals surface area (Å²) in [5.74, 6) is 1.32. The van der Waals surface area contributed by atoms with E-state index in [1.165, 1.54) is 17.7 Å². The molecule has 1 atom stereocenters. The van der Waals surface area contributed by atoms with E-state index in [2.05, 4.69) is 14.9 Å². The fourth-order valence-corrected chi connectivity index (χ4v) is 4.76. The molecule has 0 radical (unpaired) electrons. The first-order chi connectivity index (χ1) is 11.7. The van der Waals surface area contributed by atoms with Crippen LogP contribution in [0.3, 0.4) is 0 Å². The Morgan fingerprint density at radius 1 is 1.12 bits per heavy atom. The van der Waals surface area contributed by atoms with Crippen molar-refractivity contribution < 1.29 is 9.90 Å². The van der Waals surface area contributed by atoms with E-state index in [1.807, 2.05) is 4.90 Å². The lowest BCUT2D eigenvalue weighted by Crippen LogP contribution is -2.54. The van der Waals surface area contributed by atoms with E-state index < -0.39 is 0 Å². The summed E-state index contributed by atoms with van der Waals surface area (Å²) in [5.41, 5.74) is 2.71. The zero-order valence-corrected chi connectivity index (χ0v) is 14.2. The van der Waals surface area contributed by atoms with Gasteiger partial charge in [0, 0.05) is 49.3 Å². The summed E-state index contributed by atoms with van der Waals surface area (Å²) in [6, 6.07) is 0. The summed E-state index contributed by atoms with van der Waals surface area (Å²) in [7, 11) is 0. The van der Waals surface area contributed by atoms with Crippen LogP contribution >= 0.6 is 0 Å². The monoisotopic (exact) mass is 330 g/mol. The molecule has 24 heavy (non-hydrogen) atoms. The van der Waals surface area contributed by atoms with Crippen LogP contribution < -0.4 is 4.90 Å². The molecule has 2 saturated heterocycles. The van der Waals surface area contributed by atoms with E-state index in [-0.39, 0.29) is 17.9 Å². The molecule has 4 rings (SSSR count). The third-order valence-corrected chi connectivity index (χ3v) is 5.93. The summed E-state index contributed by atoms with van der Waals surface area (Å²) in [6.07, 6.45) is 8.91. The number of aliphatic hydroxyl groups is 1. The number of rotatable bonds is 3. The van der Waals surface area contributed by atoms with Crippen LogP contribution in [0.5, 0.6) is 0 Å².